The van der Waals surface area contributed by atoms with Crippen molar-refractivity contribution < 1.29 is 4.74 Å². The number of ether oxygens (including phenoxy) is 1. The van der Waals surface area contributed by atoms with Crippen LogP contribution >= 0.6 is 0 Å². The van der Waals surface area contributed by atoms with Crippen molar-refractivity contribution in [1.29, 1.82) is 0 Å². The number of nitrogens with zero attached hydrogens (tertiary/aromatic N) is 3. The molecule has 2 saturated heterocycles. The second-order valence-electron chi connectivity index (χ2n) is 6.81. The van der Waals surface area contributed by atoms with Gasteiger partial charge in [0.15, 0.2) is 5.96 Å². The average molecular weight is 294 g/mol. The molecule has 1 spiro atoms. The Kier molecular flexibility index (Phi) is 4.69. The highest BCUT2D eigenvalue weighted by Gasteiger charge is 2.42. The fourth-order valence-electron chi connectivity index (χ4n) is 3.77. The molecule has 2 heterocycles. The van der Waals surface area contributed by atoms with E-state index >= 15 is 0 Å². The molecule has 3 aliphatic rings. The fourth-order valence-corrected chi connectivity index (χ4v) is 3.77. The van der Waals surface area contributed by atoms with Crippen LogP contribution in [0.4, 0.5) is 0 Å². The van der Waals surface area contributed by atoms with Crippen LogP contribution in [-0.2, 0) is 4.74 Å². The van der Waals surface area contributed by atoms with Gasteiger partial charge in [-0.1, -0.05) is 6.92 Å². The molecule has 0 radical (unpaired) electrons. The quantitative estimate of drug-likeness (QED) is 0.610. The highest BCUT2D eigenvalue weighted by molar-refractivity contribution is 5.80. The van der Waals surface area contributed by atoms with Crippen molar-refractivity contribution in [1.82, 2.24) is 15.1 Å². The second-order valence-corrected chi connectivity index (χ2v) is 6.81. The summed E-state index contributed by atoms with van der Waals surface area (Å²) in [6, 6.07) is 0.851. The minimum absolute atomic E-state index is 0.404. The molecular weight excluding hydrogens is 264 g/mol. The summed E-state index contributed by atoms with van der Waals surface area (Å²) in [4.78, 5) is 9.48. The molecule has 0 amide bonds. The van der Waals surface area contributed by atoms with Gasteiger partial charge in [-0.25, -0.2) is 0 Å². The Labute approximate surface area is 128 Å². The van der Waals surface area contributed by atoms with Crippen molar-refractivity contribution in [2.75, 3.05) is 53.0 Å². The number of likely N-dealkylation sites (tertiary alicyclic amines) is 1. The SMILES string of the molecule is CCN(CCNC(=NC)N1CCC2(CCOC2)C1)C1CC1. The number of hydrogen-bond donors (Lipinski definition) is 1. The molecule has 1 unspecified atom stereocenters. The van der Waals surface area contributed by atoms with E-state index in [1.165, 1.54) is 25.7 Å². The molecule has 5 heteroatoms. The number of likely N-dealkylation sites (N-methyl/N-ethyl adjacent to an activating group) is 1. The van der Waals surface area contributed by atoms with Crippen molar-refractivity contribution in [3.8, 4) is 0 Å². The maximum Gasteiger partial charge on any atom is 0.193 e. The van der Waals surface area contributed by atoms with Crippen molar-refractivity contribution in [3.05, 3.63) is 0 Å². The Morgan fingerprint density at radius 3 is 2.90 bits per heavy atom. The zero-order valence-electron chi connectivity index (χ0n) is 13.6. The first-order chi connectivity index (χ1) is 10.3. The number of hydrogen-bond acceptors (Lipinski definition) is 3. The summed E-state index contributed by atoms with van der Waals surface area (Å²) >= 11 is 0. The maximum absolute atomic E-state index is 5.61. The van der Waals surface area contributed by atoms with Crippen molar-refractivity contribution >= 4 is 5.96 Å². The molecule has 0 aromatic heterocycles. The zero-order chi connectivity index (χ0) is 14.7. The van der Waals surface area contributed by atoms with Crippen LogP contribution in [-0.4, -0.2) is 74.8 Å². The highest BCUT2D eigenvalue weighted by atomic mass is 16.5. The van der Waals surface area contributed by atoms with Gasteiger partial charge in [0.05, 0.1) is 6.61 Å². The third kappa shape index (κ3) is 3.51. The Bertz CT molecular complexity index is 374. The maximum atomic E-state index is 5.61. The predicted octanol–water partition coefficient (Wildman–Crippen LogP) is 1.16. The van der Waals surface area contributed by atoms with Gasteiger partial charge in [0.25, 0.3) is 0 Å². The fraction of sp³-hybridized carbons (Fsp3) is 0.938. The average Bonchev–Trinajstić information content (AvgIpc) is 3.11. The minimum atomic E-state index is 0.404. The lowest BCUT2D eigenvalue weighted by Crippen LogP contribution is -2.44. The zero-order valence-corrected chi connectivity index (χ0v) is 13.6. The summed E-state index contributed by atoms with van der Waals surface area (Å²) in [6.07, 6.45) is 5.23. The van der Waals surface area contributed by atoms with Gasteiger partial charge in [0.1, 0.15) is 0 Å². The summed E-state index contributed by atoms with van der Waals surface area (Å²) in [6.45, 7) is 9.64. The second kappa shape index (κ2) is 6.53. The normalized spacial score (nSPS) is 29.9. The Morgan fingerprint density at radius 2 is 2.29 bits per heavy atom. The van der Waals surface area contributed by atoms with Crippen LogP contribution in [0.1, 0.15) is 32.6 Å². The lowest BCUT2D eigenvalue weighted by atomic mass is 9.87. The minimum Gasteiger partial charge on any atom is -0.381 e. The third-order valence-electron chi connectivity index (χ3n) is 5.29. The monoisotopic (exact) mass is 294 g/mol. The molecule has 3 fully saturated rings. The lowest BCUT2D eigenvalue weighted by Gasteiger charge is -2.26. The topological polar surface area (TPSA) is 40.1 Å². The molecule has 0 aromatic carbocycles. The van der Waals surface area contributed by atoms with E-state index in [1.807, 2.05) is 7.05 Å². The van der Waals surface area contributed by atoms with Gasteiger partial charge in [-0.15, -0.1) is 0 Å². The lowest BCUT2D eigenvalue weighted by molar-refractivity contribution is 0.156. The van der Waals surface area contributed by atoms with Crippen LogP contribution in [0.3, 0.4) is 0 Å². The van der Waals surface area contributed by atoms with Gasteiger partial charge >= 0.3 is 0 Å². The molecular formula is C16H30N4O. The van der Waals surface area contributed by atoms with E-state index in [0.717, 1.165) is 57.9 Å². The molecule has 5 nitrogen and oxygen atoms in total. The number of guanidine groups is 1. The first kappa shape index (κ1) is 15.1. The smallest absolute Gasteiger partial charge is 0.193 e. The Hall–Kier alpha value is -0.810. The number of nitrogens with one attached hydrogen (secondary N) is 1. The van der Waals surface area contributed by atoms with Crippen LogP contribution < -0.4 is 5.32 Å². The van der Waals surface area contributed by atoms with Gasteiger partial charge in [-0.3, -0.25) is 9.89 Å². The van der Waals surface area contributed by atoms with Crippen molar-refractivity contribution in [3.63, 3.8) is 0 Å². The van der Waals surface area contributed by atoms with Gasteiger partial charge in [0.2, 0.25) is 0 Å². The highest BCUT2D eigenvalue weighted by Crippen LogP contribution is 2.38. The largest absolute Gasteiger partial charge is 0.381 e. The molecule has 1 saturated carbocycles. The molecule has 0 aromatic rings. The number of aliphatic imine (C=N–C) groups is 1. The van der Waals surface area contributed by atoms with Gasteiger partial charge < -0.3 is 15.0 Å². The molecule has 1 atom stereocenters. The van der Waals surface area contributed by atoms with E-state index in [9.17, 15) is 0 Å². The van der Waals surface area contributed by atoms with Crippen LogP contribution in [0.15, 0.2) is 4.99 Å². The van der Waals surface area contributed by atoms with E-state index < -0.39 is 0 Å². The van der Waals surface area contributed by atoms with Crippen LogP contribution in [0.5, 0.6) is 0 Å². The van der Waals surface area contributed by atoms with Gasteiger partial charge in [0, 0.05) is 51.3 Å². The standard InChI is InChI=1S/C16H30N4O/c1-3-19(14-4-5-14)10-8-18-15(17-2)20-9-6-16(12-20)7-11-21-13-16/h14H,3-13H2,1-2H3,(H,17,18). The van der Waals surface area contributed by atoms with Crippen molar-refractivity contribution in [2.24, 2.45) is 10.4 Å². The first-order valence-electron chi connectivity index (χ1n) is 8.54. The van der Waals surface area contributed by atoms with Gasteiger partial charge in [-0.2, -0.15) is 0 Å². The molecule has 1 aliphatic carbocycles. The summed E-state index contributed by atoms with van der Waals surface area (Å²) < 4.78 is 5.61. The summed E-state index contributed by atoms with van der Waals surface area (Å²) in [5, 5.41) is 3.56. The Balaban J connectivity index is 1.45. The van der Waals surface area contributed by atoms with E-state index in [4.69, 9.17) is 4.74 Å². The van der Waals surface area contributed by atoms with Crippen LogP contribution in [0.2, 0.25) is 0 Å². The third-order valence-corrected chi connectivity index (χ3v) is 5.29. The predicted molar refractivity (Wildman–Crippen MR) is 85.7 cm³/mol. The van der Waals surface area contributed by atoms with Crippen molar-refractivity contribution in [2.45, 2.75) is 38.6 Å². The van der Waals surface area contributed by atoms with Crippen LogP contribution in [0.25, 0.3) is 0 Å². The molecule has 1 N–H and O–H groups in total. The summed E-state index contributed by atoms with van der Waals surface area (Å²) in [5.74, 6) is 1.07. The molecule has 120 valence electrons. The van der Waals surface area contributed by atoms with Crippen LogP contribution in [0, 0.1) is 5.41 Å². The molecule has 21 heavy (non-hydrogen) atoms. The van der Waals surface area contributed by atoms with E-state index in [2.05, 4.69) is 27.0 Å². The van der Waals surface area contributed by atoms with Gasteiger partial charge in [-0.05, 0) is 32.2 Å². The van der Waals surface area contributed by atoms with E-state index in [1.54, 1.807) is 0 Å². The molecule has 0 bridgehead atoms. The first-order valence-corrected chi connectivity index (χ1v) is 8.54. The summed E-state index contributed by atoms with van der Waals surface area (Å²) in [5.41, 5.74) is 0.404. The molecule has 3 rings (SSSR count). The number of rotatable bonds is 5. The summed E-state index contributed by atoms with van der Waals surface area (Å²) in [7, 11) is 1.90. The van der Waals surface area contributed by atoms with E-state index in [-0.39, 0.29) is 0 Å². The molecule has 2 aliphatic heterocycles. The Morgan fingerprint density at radius 1 is 1.43 bits per heavy atom. The van der Waals surface area contributed by atoms with E-state index in [0.29, 0.717) is 5.41 Å².